The van der Waals surface area contributed by atoms with Crippen molar-refractivity contribution in [1.82, 2.24) is 15.5 Å². The Morgan fingerprint density at radius 2 is 2.22 bits per heavy atom. The van der Waals surface area contributed by atoms with Crippen molar-refractivity contribution >= 4 is 17.5 Å². The Kier molecular flexibility index (Phi) is 3.94. The van der Waals surface area contributed by atoms with Gasteiger partial charge in [0, 0.05) is 25.5 Å². The molecule has 1 amide bonds. The minimum atomic E-state index is -0.0625. The minimum Gasteiger partial charge on any atom is -0.359 e. The monoisotopic (exact) mass is 265 g/mol. The number of carbonyl (C=O) groups is 1. The van der Waals surface area contributed by atoms with Gasteiger partial charge in [-0.25, -0.2) is 0 Å². The van der Waals surface area contributed by atoms with Gasteiger partial charge in [-0.05, 0) is 12.1 Å². The molecule has 0 saturated carbocycles. The first-order valence-electron chi connectivity index (χ1n) is 5.49. The maximum Gasteiger partial charge on any atom is 0.227 e. The first-order valence-corrected chi connectivity index (χ1v) is 5.86. The number of rotatable bonds is 4. The van der Waals surface area contributed by atoms with Gasteiger partial charge in [0.05, 0.1) is 5.02 Å². The molecule has 6 heteroatoms. The molecular weight excluding hydrogens is 254 g/mol. The van der Waals surface area contributed by atoms with Crippen LogP contribution in [0.4, 0.5) is 0 Å². The zero-order valence-electron chi connectivity index (χ0n) is 9.81. The first kappa shape index (κ1) is 12.6. The fourth-order valence-electron chi connectivity index (χ4n) is 1.45. The van der Waals surface area contributed by atoms with Gasteiger partial charge in [0.15, 0.2) is 0 Å². The predicted octanol–water partition coefficient (Wildman–Crippen LogP) is 2.07. The molecule has 94 valence electrons. The molecule has 1 N–H and O–H groups in total. The number of nitrogens with one attached hydrogen (secondary N) is 1. The molecule has 1 heterocycles. The Hall–Kier alpha value is -1.88. The molecule has 2 aromatic rings. The average Bonchev–Trinajstić information content (AvgIpc) is 2.85. The van der Waals surface area contributed by atoms with Crippen LogP contribution in [0.15, 0.2) is 28.8 Å². The number of carbonyl (C=O) groups excluding carboxylic acids is 1. The van der Waals surface area contributed by atoms with E-state index >= 15 is 0 Å². The number of hydrogen-bond acceptors (Lipinski definition) is 4. The van der Waals surface area contributed by atoms with Crippen LogP contribution in [0.3, 0.4) is 0 Å². The third-order valence-electron chi connectivity index (χ3n) is 2.43. The fourth-order valence-corrected chi connectivity index (χ4v) is 1.67. The van der Waals surface area contributed by atoms with Gasteiger partial charge in [0.2, 0.25) is 17.6 Å². The third kappa shape index (κ3) is 2.87. The normalized spacial score (nSPS) is 10.3. The molecule has 0 aliphatic heterocycles. The summed E-state index contributed by atoms with van der Waals surface area (Å²) in [7, 11) is 1.59. The fraction of sp³-hybridized carbons (Fsp3) is 0.250. The van der Waals surface area contributed by atoms with E-state index in [9.17, 15) is 4.79 Å². The van der Waals surface area contributed by atoms with Crippen molar-refractivity contribution in [3.63, 3.8) is 0 Å². The van der Waals surface area contributed by atoms with Gasteiger partial charge in [-0.1, -0.05) is 28.9 Å². The van der Waals surface area contributed by atoms with Crippen molar-refractivity contribution in [3.8, 4) is 11.4 Å². The van der Waals surface area contributed by atoms with E-state index in [1.807, 2.05) is 18.2 Å². The summed E-state index contributed by atoms with van der Waals surface area (Å²) in [6, 6.07) is 7.26. The lowest BCUT2D eigenvalue weighted by Gasteiger charge is -1.96. The number of amides is 1. The Bertz CT molecular complexity index is 554. The van der Waals surface area contributed by atoms with Crippen molar-refractivity contribution in [2.45, 2.75) is 12.8 Å². The van der Waals surface area contributed by atoms with Gasteiger partial charge in [-0.3, -0.25) is 4.79 Å². The van der Waals surface area contributed by atoms with Gasteiger partial charge in [-0.15, -0.1) is 0 Å². The van der Waals surface area contributed by atoms with Gasteiger partial charge in [-0.2, -0.15) is 4.98 Å². The van der Waals surface area contributed by atoms with Gasteiger partial charge in [0.25, 0.3) is 0 Å². The quantitative estimate of drug-likeness (QED) is 0.919. The molecule has 1 aromatic carbocycles. The molecule has 0 atom stereocenters. The van der Waals surface area contributed by atoms with E-state index in [0.717, 1.165) is 0 Å². The molecule has 1 aromatic heterocycles. The summed E-state index contributed by atoms with van der Waals surface area (Å²) in [5.41, 5.74) is 0.717. The third-order valence-corrected chi connectivity index (χ3v) is 2.76. The van der Waals surface area contributed by atoms with Crippen molar-refractivity contribution in [2.75, 3.05) is 7.05 Å². The SMILES string of the molecule is CNC(=O)CCc1nc(-c2ccccc2Cl)no1. The average molecular weight is 266 g/mol. The van der Waals surface area contributed by atoms with E-state index < -0.39 is 0 Å². The van der Waals surface area contributed by atoms with Crippen molar-refractivity contribution in [2.24, 2.45) is 0 Å². The predicted molar refractivity (Wildman–Crippen MR) is 67.1 cm³/mol. The van der Waals surface area contributed by atoms with E-state index in [-0.39, 0.29) is 5.91 Å². The topological polar surface area (TPSA) is 68.0 Å². The molecule has 0 radical (unpaired) electrons. The molecular formula is C12H12ClN3O2. The van der Waals surface area contributed by atoms with Gasteiger partial charge >= 0.3 is 0 Å². The Morgan fingerprint density at radius 1 is 1.44 bits per heavy atom. The maximum absolute atomic E-state index is 11.1. The lowest BCUT2D eigenvalue weighted by Crippen LogP contribution is -2.17. The molecule has 5 nitrogen and oxygen atoms in total. The summed E-state index contributed by atoms with van der Waals surface area (Å²) in [6.45, 7) is 0. The summed E-state index contributed by atoms with van der Waals surface area (Å²) >= 11 is 6.03. The van der Waals surface area contributed by atoms with E-state index in [1.54, 1.807) is 13.1 Å². The zero-order valence-corrected chi connectivity index (χ0v) is 10.6. The molecule has 0 bridgehead atoms. The second kappa shape index (κ2) is 5.64. The molecule has 0 fully saturated rings. The number of aromatic nitrogens is 2. The standard InChI is InChI=1S/C12H12ClN3O2/c1-14-10(17)6-7-11-15-12(16-18-11)8-4-2-3-5-9(8)13/h2-5H,6-7H2,1H3,(H,14,17). The molecule has 18 heavy (non-hydrogen) atoms. The van der Waals surface area contributed by atoms with Crippen LogP contribution in [-0.4, -0.2) is 23.1 Å². The Labute approximate surface area is 109 Å². The highest BCUT2D eigenvalue weighted by molar-refractivity contribution is 6.33. The Balaban J connectivity index is 2.11. The van der Waals surface area contributed by atoms with Crippen molar-refractivity contribution in [3.05, 3.63) is 35.2 Å². The summed E-state index contributed by atoms with van der Waals surface area (Å²) in [5.74, 6) is 0.800. The summed E-state index contributed by atoms with van der Waals surface area (Å²) < 4.78 is 5.07. The second-order valence-electron chi connectivity index (χ2n) is 3.66. The zero-order chi connectivity index (χ0) is 13.0. The number of halogens is 1. The first-order chi connectivity index (χ1) is 8.70. The van der Waals surface area contributed by atoms with E-state index in [2.05, 4.69) is 15.5 Å². The van der Waals surface area contributed by atoms with Crippen LogP contribution in [0.1, 0.15) is 12.3 Å². The number of benzene rings is 1. The van der Waals surface area contributed by atoms with Crippen LogP contribution < -0.4 is 5.32 Å². The van der Waals surface area contributed by atoms with E-state index in [4.69, 9.17) is 16.1 Å². The van der Waals surface area contributed by atoms with Crippen LogP contribution in [-0.2, 0) is 11.2 Å². The van der Waals surface area contributed by atoms with Crippen molar-refractivity contribution < 1.29 is 9.32 Å². The van der Waals surface area contributed by atoms with Gasteiger partial charge in [0.1, 0.15) is 0 Å². The van der Waals surface area contributed by atoms with Crippen molar-refractivity contribution in [1.29, 1.82) is 0 Å². The van der Waals surface area contributed by atoms with Crippen LogP contribution in [0.2, 0.25) is 5.02 Å². The molecule has 0 saturated heterocycles. The minimum absolute atomic E-state index is 0.0625. The summed E-state index contributed by atoms with van der Waals surface area (Å²) in [5, 5.41) is 6.95. The molecule has 2 rings (SSSR count). The molecule has 0 aliphatic rings. The molecule has 0 spiro atoms. The lowest BCUT2D eigenvalue weighted by atomic mass is 10.2. The summed E-state index contributed by atoms with van der Waals surface area (Å²) in [6.07, 6.45) is 0.734. The second-order valence-corrected chi connectivity index (χ2v) is 4.07. The van der Waals surface area contributed by atoms with Gasteiger partial charge < -0.3 is 9.84 Å². The largest absolute Gasteiger partial charge is 0.359 e. The Morgan fingerprint density at radius 3 is 2.94 bits per heavy atom. The van der Waals surface area contributed by atoms with E-state index in [1.165, 1.54) is 0 Å². The van der Waals surface area contributed by atoms with Crippen LogP contribution >= 0.6 is 11.6 Å². The van der Waals surface area contributed by atoms with E-state index in [0.29, 0.717) is 35.1 Å². The smallest absolute Gasteiger partial charge is 0.227 e. The molecule has 0 unspecified atom stereocenters. The van der Waals surface area contributed by atoms with Crippen LogP contribution in [0, 0.1) is 0 Å². The number of hydrogen-bond donors (Lipinski definition) is 1. The highest BCUT2D eigenvalue weighted by atomic mass is 35.5. The van der Waals surface area contributed by atoms with Crippen LogP contribution in [0.25, 0.3) is 11.4 Å². The highest BCUT2D eigenvalue weighted by Gasteiger charge is 2.12. The lowest BCUT2D eigenvalue weighted by molar-refractivity contribution is -0.120. The number of aryl methyl sites for hydroxylation is 1. The number of nitrogens with zero attached hydrogens (tertiary/aromatic N) is 2. The molecule has 0 aliphatic carbocycles. The van der Waals surface area contributed by atoms with Crippen LogP contribution in [0.5, 0.6) is 0 Å². The highest BCUT2D eigenvalue weighted by Crippen LogP contribution is 2.24. The summed E-state index contributed by atoms with van der Waals surface area (Å²) in [4.78, 5) is 15.3. The maximum atomic E-state index is 11.1.